The van der Waals surface area contributed by atoms with E-state index in [1.807, 2.05) is 19.1 Å². The van der Waals surface area contributed by atoms with E-state index in [0.29, 0.717) is 24.9 Å². The van der Waals surface area contributed by atoms with E-state index in [0.717, 1.165) is 36.7 Å². The molecule has 32 heavy (non-hydrogen) atoms. The van der Waals surface area contributed by atoms with Crippen molar-refractivity contribution in [2.75, 3.05) is 12.4 Å². The van der Waals surface area contributed by atoms with E-state index in [4.69, 9.17) is 0 Å². The van der Waals surface area contributed by atoms with Crippen molar-refractivity contribution in [2.24, 2.45) is 0 Å². The van der Waals surface area contributed by atoms with Crippen LogP contribution in [-0.2, 0) is 17.5 Å². The Morgan fingerprint density at radius 2 is 2.06 bits per heavy atom. The van der Waals surface area contributed by atoms with Crippen LogP contribution in [0.15, 0.2) is 42.6 Å². The lowest BCUT2D eigenvalue weighted by Gasteiger charge is -2.38. The number of aromatic nitrogens is 1. The fourth-order valence-corrected chi connectivity index (χ4v) is 5.30. The summed E-state index contributed by atoms with van der Waals surface area (Å²) >= 11 is 0. The molecule has 1 aromatic carbocycles. The van der Waals surface area contributed by atoms with Crippen LogP contribution in [0, 0.1) is 0 Å². The van der Waals surface area contributed by atoms with E-state index in [9.17, 15) is 18.0 Å². The standard InChI is InChI=1S/C24H29F3N4O/c1-23-14-19(16-7-5-9-18(13-16)24(25,26)27)31(15-17-8-6-12-29-22(17)28-2)20(23)10-3-4-11-21(32)30-23/h5-9,12-13,19-20H,3-4,10-11,14-15H2,1-2H3,(H,28,29)(H,30,32)/t19-,20-,23-/m0/s1. The molecule has 1 aromatic heterocycles. The van der Waals surface area contributed by atoms with Gasteiger partial charge in [-0.1, -0.05) is 24.6 Å². The lowest BCUT2D eigenvalue weighted by molar-refractivity contribution is -0.137. The second-order valence-electron chi connectivity index (χ2n) is 9.00. The van der Waals surface area contributed by atoms with Crippen LogP contribution in [0.2, 0.25) is 0 Å². The first-order valence-corrected chi connectivity index (χ1v) is 11.1. The summed E-state index contributed by atoms with van der Waals surface area (Å²) in [5, 5.41) is 6.32. The van der Waals surface area contributed by atoms with Crippen LogP contribution in [0.3, 0.4) is 0 Å². The second kappa shape index (κ2) is 8.73. The normalized spacial score (nSPS) is 26.7. The molecule has 2 aliphatic heterocycles. The van der Waals surface area contributed by atoms with Crippen molar-refractivity contribution >= 4 is 11.7 Å². The van der Waals surface area contributed by atoms with Crippen molar-refractivity contribution in [1.29, 1.82) is 0 Å². The summed E-state index contributed by atoms with van der Waals surface area (Å²) in [5.74, 6) is 0.762. The van der Waals surface area contributed by atoms with Crippen molar-refractivity contribution in [3.63, 3.8) is 0 Å². The molecule has 172 valence electrons. The van der Waals surface area contributed by atoms with E-state index >= 15 is 0 Å². The Morgan fingerprint density at radius 1 is 1.25 bits per heavy atom. The highest BCUT2D eigenvalue weighted by atomic mass is 19.4. The maximum Gasteiger partial charge on any atom is 0.416 e. The number of fused-ring (bicyclic) bond motifs is 1. The molecule has 0 bridgehead atoms. The number of carbonyl (C=O) groups excluding carboxylic acids is 1. The van der Waals surface area contributed by atoms with Gasteiger partial charge in [-0.05, 0) is 49.9 Å². The molecule has 2 aromatic rings. The quantitative estimate of drug-likeness (QED) is 0.701. The monoisotopic (exact) mass is 446 g/mol. The van der Waals surface area contributed by atoms with Crippen LogP contribution in [-0.4, -0.2) is 34.4 Å². The van der Waals surface area contributed by atoms with Crippen LogP contribution >= 0.6 is 0 Å². The fourth-order valence-electron chi connectivity index (χ4n) is 5.30. The van der Waals surface area contributed by atoms with E-state index in [1.165, 1.54) is 12.1 Å². The molecule has 0 unspecified atom stereocenters. The molecule has 5 nitrogen and oxygen atoms in total. The molecular formula is C24H29F3N4O. The highest BCUT2D eigenvalue weighted by molar-refractivity contribution is 5.77. The predicted molar refractivity (Wildman–Crippen MR) is 117 cm³/mol. The minimum absolute atomic E-state index is 0.0104. The Hall–Kier alpha value is -2.61. The van der Waals surface area contributed by atoms with Gasteiger partial charge in [0.15, 0.2) is 0 Å². The van der Waals surface area contributed by atoms with Gasteiger partial charge in [0.05, 0.1) is 11.1 Å². The van der Waals surface area contributed by atoms with Crippen LogP contribution in [0.5, 0.6) is 0 Å². The Labute approximate surface area is 186 Å². The fraction of sp³-hybridized carbons (Fsp3) is 0.500. The maximum absolute atomic E-state index is 13.4. The number of hydrogen-bond donors (Lipinski definition) is 2. The van der Waals surface area contributed by atoms with E-state index in [1.54, 1.807) is 19.3 Å². The van der Waals surface area contributed by atoms with Gasteiger partial charge < -0.3 is 10.6 Å². The maximum atomic E-state index is 13.4. The number of halogens is 3. The lowest BCUT2D eigenvalue weighted by Crippen LogP contribution is -2.55. The molecule has 0 saturated carbocycles. The van der Waals surface area contributed by atoms with Crippen molar-refractivity contribution in [2.45, 2.75) is 69.4 Å². The number of anilines is 1. The number of likely N-dealkylation sites (tertiary alicyclic amines) is 1. The molecule has 2 N–H and O–H groups in total. The second-order valence-corrected chi connectivity index (χ2v) is 9.00. The highest BCUT2D eigenvalue weighted by Gasteiger charge is 2.50. The van der Waals surface area contributed by atoms with Gasteiger partial charge in [-0.15, -0.1) is 0 Å². The highest BCUT2D eigenvalue weighted by Crippen LogP contribution is 2.46. The van der Waals surface area contributed by atoms with E-state index in [2.05, 4.69) is 20.5 Å². The molecular weight excluding hydrogens is 417 g/mol. The molecule has 0 radical (unpaired) electrons. The summed E-state index contributed by atoms with van der Waals surface area (Å²) in [6.45, 7) is 2.56. The van der Waals surface area contributed by atoms with E-state index < -0.39 is 17.3 Å². The minimum atomic E-state index is -4.40. The summed E-state index contributed by atoms with van der Waals surface area (Å²) in [6.07, 6.45) is 0.955. The van der Waals surface area contributed by atoms with Gasteiger partial charge in [0.1, 0.15) is 5.82 Å². The number of carbonyl (C=O) groups is 1. The Kier molecular flexibility index (Phi) is 6.16. The van der Waals surface area contributed by atoms with Crippen LogP contribution in [0.25, 0.3) is 0 Å². The first-order chi connectivity index (χ1) is 15.2. The molecule has 0 spiro atoms. The van der Waals surface area contributed by atoms with Crippen molar-refractivity contribution in [3.8, 4) is 0 Å². The van der Waals surface area contributed by atoms with Crippen LogP contribution in [0.1, 0.15) is 61.8 Å². The SMILES string of the molecule is CNc1ncccc1CN1[C@H]2CCCCC(=O)N[C@@]2(C)C[C@H]1c1cccc(C(F)(F)F)c1. The molecule has 4 rings (SSSR count). The summed E-state index contributed by atoms with van der Waals surface area (Å²) in [4.78, 5) is 19.1. The van der Waals surface area contributed by atoms with Crippen molar-refractivity contribution in [3.05, 3.63) is 59.3 Å². The summed E-state index contributed by atoms with van der Waals surface area (Å²) in [7, 11) is 1.81. The molecule has 2 saturated heterocycles. The van der Waals surface area contributed by atoms with Gasteiger partial charge >= 0.3 is 6.18 Å². The smallest absolute Gasteiger partial charge is 0.373 e. The Morgan fingerprint density at radius 3 is 2.81 bits per heavy atom. The first kappa shape index (κ1) is 22.6. The molecule has 8 heteroatoms. The van der Waals surface area contributed by atoms with Crippen LogP contribution in [0.4, 0.5) is 19.0 Å². The number of nitrogens with zero attached hydrogens (tertiary/aromatic N) is 2. The zero-order chi connectivity index (χ0) is 22.9. The van der Waals surface area contributed by atoms with Gasteiger partial charge in [0.25, 0.3) is 0 Å². The molecule has 1 amide bonds. The van der Waals surface area contributed by atoms with Crippen molar-refractivity contribution in [1.82, 2.24) is 15.2 Å². The van der Waals surface area contributed by atoms with E-state index in [-0.39, 0.29) is 18.0 Å². The summed E-state index contributed by atoms with van der Waals surface area (Å²) < 4.78 is 40.3. The van der Waals surface area contributed by atoms with Gasteiger partial charge in [0.2, 0.25) is 5.91 Å². The number of rotatable bonds is 4. The molecule has 2 fully saturated rings. The first-order valence-electron chi connectivity index (χ1n) is 11.1. The van der Waals surface area contributed by atoms with Crippen molar-refractivity contribution < 1.29 is 18.0 Å². The third-order valence-electron chi connectivity index (χ3n) is 6.79. The Balaban J connectivity index is 1.76. The topological polar surface area (TPSA) is 57.3 Å². The number of hydrogen-bond acceptors (Lipinski definition) is 4. The Bertz CT molecular complexity index is 980. The zero-order valence-electron chi connectivity index (χ0n) is 18.4. The van der Waals surface area contributed by atoms with Gasteiger partial charge in [0, 0.05) is 43.9 Å². The number of pyridine rings is 1. The van der Waals surface area contributed by atoms with Crippen LogP contribution < -0.4 is 10.6 Å². The summed E-state index contributed by atoms with van der Waals surface area (Å²) in [5.41, 5.74) is 0.436. The summed E-state index contributed by atoms with van der Waals surface area (Å²) in [6, 6.07) is 9.20. The van der Waals surface area contributed by atoms with Gasteiger partial charge in [-0.25, -0.2) is 4.98 Å². The van der Waals surface area contributed by atoms with Gasteiger partial charge in [-0.3, -0.25) is 9.69 Å². The third-order valence-corrected chi connectivity index (χ3v) is 6.79. The largest absolute Gasteiger partial charge is 0.416 e. The minimum Gasteiger partial charge on any atom is -0.373 e. The average Bonchev–Trinajstić information content (AvgIpc) is 3.00. The average molecular weight is 447 g/mol. The predicted octanol–water partition coefficient (Wildman–Crippen LogP) is 4.91. The lowest BCUT2D eigenvalue weighted by atomic mass is 9.85. The number of amides is 1. The molecule has 3 atom stereocenters. The number of benzene rings is 1. The number of nitrogens with one attached hydrogen (secondary N) is 2. The molecule has 2 aliphatic rings. The molecule has 3 heterocycles. The number of alkyl halides is 3. The van der Waals surface area contributed by atoms with Gasteiger partial charge in [-0.2, -0.15) is 13.2 Å². The zero-order valence-corrected chi connectivity index (χ0v) is 18.4. The third kappa shape index (κ3) is 4.46. The molecule has 0 aliphatic carbocycles.